The van der Waals surface area contributed by atoms with E-state index in [-0.39, 0.29) is 11.7 Å². The maximum Gasteiger partial charge on any atom is 0.257 e. The molecular formula is C16H16FN3O. The van der Waals surface area contributed by atoms with Crippen LogP contribution in [0.2, 0.25) is 0 Å². The first-order valence-corrected chi connectivity index (χ1v) is 6.84. The molecule has 0 saturated heterocycles. The van der Waals surface area contributed by atoms with E-state index in [2.05, 4.69) is 16.0 Å². The van der Waals surface area contributed by atoms with Crippen LogP contribution < -0.4 is 16.0 Å². The summed E-state index contributed by atoms with van der Waals surface area (Å²) in [6.07, 6.45) is 0. The molecule has 1 heterocycles. The van der Waals surface area contributed by atoms with Gasteiger partial charge in [0.15, 0.2) is 0 Å². The molecule has 2 aromatic rings. The molecule has 1 aliphatic heterocycles. The number of halogens is 1. The maximum atomic E-state index is 13.5. The second-order valence-electron chi connectivity index (χ2n) is 4.95. The van der Waals surface area contributed by atoms with Gasteiger partial charge < -0.3 is 16.0 Å². The number of benzene rings is 2. The smallest absolute Gasteiger partial charge is 0.257 e. The van der Waals surface area contributed by atoms with Crippen LogP contribution in [-0.4, -0.2) is 19.0 Å². The largest absolute Gasteiger partial charge is 0.382 e. The summed E-state index contributed by atoms with van der Waals surface area (Å²) >= 11 is 0. The van der Waals surface area contributed by atoms with E-state index in [0.29, 0.717) is 16.8 Å². The predicted molar refractivity (Wildman–Crippen MR) is 82.5 cm³/mol. The zero-order valence-corrected chi connectivity index (χ0v) is 11.7. The Bertz CT molecular complexity index is 700. The van der Waals surface area contributed by atoms with Gasteiger partial charge in [0, 0.05) is 24.3 Å². The van der Waals surface area contributed by atoms with Gasteiger partial charge >= 0.3 is 0 Å². The minimum Gasteiger partial charge on any atom is -0.382 e. The minimum absolute atomic E-state index is 0.253. The van der Waals surface area contributed by atoms with Crippen LogP contribution in [0.3, 0.4) is 0 Å². The summed E-state index contributed by atoms with van der Waals surface area (Å²) in [6, 6.07) is 10.1. The molecule has 1 aliphatic rings. The Balaban J connectivity index is 1.91. The third-order valence-corrected chi connectivity index (χ3v) is 3.57. The third-order valence-electron chi connectivity index (χ3n) is 3.57. The SMILES string of the molecule is Cc1c(F)cccc1NC(=O)c1cccc2c1NCCN2. The molecule has 4 nitrogen and oxygen atoms in total. The topological polar surface area (TPSA) is 53.2 Å². The molecule has 3 rings (SSSR count). The van der Waals surface area contributed by atoms with Crippen LogP contribution in [0.15, 0.2) is 36.4 Å². The molecular weight excluding hydrogens is 269 g/mol. The molecule has 5 heteroatoms. The van der Waals surface area contributed by atoms with Gasteiger partial charge in [0.1, 0.15) is 5.82 Å². The van der Waals surface area contributed by atoms with Gasteiger partial charge in [-0.15, -0.1) is 0 Å². The fourth-order valence-electron chi connectivity index (χ4n) is 2.40. The fourth-order valence-corrected chi connectivity index (χ4v) is 2.40. The third kappa shape index (κ3) is 2.54. The number of amides is 1. The van der Waals surface area contributed by atoms with Crippen molar-refractivity contribution in [3.63, 3.8) is 0 Å². The highest BCUT2D eigenvalue weighted by Gasteiger charge is 2.18. The highest BCUT2D eigenvalue weighted by molar-refractivity contribution is 6.10. The molecule has 0 aliphatic carbocycles. The summed E-state index contributed by atoms with van der Waals surface area (Å²) in [6.45, 7) is 3.22. The summed E-state index contributed by atoms with van der Waals surface area (Å²) in [5.74, 6) is -0.584. The molecule has 0 unspecified atom stereocenters. The van der Waals surface area contributed by atoms with E-state index < -0.39 is 0 Å². The molecule has 108 valence electrons. The lowest BCUT2D eigenvalue weighted by atomic mass is 10.1. The van der Waals surface area contributed by atoms with Crippen molar-refractivity contribution in [1.29, 1.82) is 0 Å². The van der Waals surface area contributed by atoms with Crippen LogP contribution in [0.4, 0.5) is 21.5 Å². The standard InChI is InChI=1S/C16H16FN3O/c1-10-12(17)5-3-6-13(10)20-16(21)11-4-2-7-14-15(11)19-9-8-18-14/h2-7,18-19H,8-9H2,1H3,(H,20,21). The van der Waals surface area contributed by atoms with Gasteiger partial charge in [-0.2, -0.15) is 0 Å². The molecule has 21 heavy (non-hydrogen) atoms. The minimum atomic E-state index is -0.331. The van der Waals surface area contributed by atoms with Crippen molar-refractivity contribution >= 4 is 23.0 Å². The number of para-hydroxylation sites is 1. The van der Waals surface area contributed by atoms with Crippen LogP contribution in [0, 0.1) is 12.7 Å². The number of nitrogens with one attached hydrogen (secondary N) is 3. The predicted octanol–water partition coefficient (Wildman–Crippen LogP) is 3.22. The molecule has 0 aromatic heterocycles. The van der Waals surface area contributed by atoms with Gasteiger partial charge in [0.05, 0.1) is 16.9 Å². The number of hydrogen-bond acceptors (Lipinski definition) is 3. The van der Waals surface area contributed by atoms with E-state index in [1.54, 1.807) is 25.1 Å². The summed E-state index contributed by atoms with van der Waals surface area (Å²) < 4.78 is 13.5. The number of carbonyl (C=O) groups excluding carboxylic acids is 1. The zero-order chi connectivity index (χ0) is 14.8. The Kier molecular flexibility index (Phi) is 3.48. The zero-order valence-electron chi connectivity index (χ0n) is 11.7. The molecule has 2 aromatic carbocycles. The lowest BCUT2D eigenvalue weighted by Crippen LogP contribution is -2.24. The lowest BCUT2D eigenvalue weighted by molar-refractivity contribution is 0.102. The Morgan fingerprint density at radius 1 is 1.14 bits per heavy atom. The van der Waals surface area contributed by atoms with E-state index in [9.17, 15) is 9.18 Å². The fraction of sp³-hybridized carbons (Fsp3) is 0.188. The highest BCUT2D eigenvalue weighted by Crippen LogP contribution is 2.29. The van der Waals surface area contributed by atoms with Crippen molar-refractivity contribution in [2.24, 2.45) is 0 Å². The molecule has 0 saturated carbocycles. The van der Waals surface area contributed by atoms with Crippen LogP contribution in [-0.2, 0) is 0 Å². The first-order chi connectivity index (χ1) is 10.2. The number of fused-ring (bicyclic) bond motifs is 1. The molecule has 0 bridgehead atoms. The maximum absolute atomic E-state index is 13.5. The molecule has 1 amide bonds. The second kappa shape index (κ2) is 5.44. The second-order valence-corrected chi connectivity index (χ2v) is 4.95. The Morgan fingerprint density at radius 2 is 1.90 bits per heavy atom. The van der Waals surface area contributed by atoms with Crippen LogP contribution in [0.25, 0.3) is 0 Å². The first-order valence-electron chi connectivity index (χ1n) is 6.84. The van der Waals surface area contributed by atoms with Crippen LogP contribution in [0.1, 0.15) is 15.9 Å². The van der Waals surface area contributed by atoms with Crippen molar-refractivity contribution in [1.82, 2.24) is 0 Å². The number of hydrogen-bond donors (Lipinski definition) is 3. The Labute approximate surface area is 122 Å². The molecule has 0 spiro atoms. The average Bonchev–Trinajstić information content (AvgIpc) is 2.51. The van der Waals surface area contributed by atoms with Gasteiger partial charge in [-0.3, -0.25) is 4.79 Å². The van der Waals surface area contributed by atoms with Crippen LogP contribution >= 0.6 is 0 Å². The van der Waals surface area contributed by atoms with Crippen LogP contribution in [0.5, 0.6) is 0 Å². The van der Waals surface area contributed by atoms with Crippen molar-refractivity contribution < 1.29 is 9.18 Å². The van der Waals surface area contributed by atoms with Gasteiger partial charge in [-0.25, -0.2) is 4.39 Å². The van der Waals surface area contributed by atoms with Gasteiger partial charge in [0.25, 0.3) is 5.91 Å². The monoisotopic (exact) mass is 285 g/mol. The highest BCUT2D eigenvalue weighted by atomic mass is 19.1. The molecule has 0 atom stereocenters. The first kappa shape index (κ1) is 13.4. The summed E-state index contributed by atoms with van der Waals surface area (Å²) in [4.78, 5) is 12.4. The number of rotatable bonds is 2. The van der Waals surface area contributed by atoms with Crippen molar-refractivity contribution in [3.05, 3.63) is 53.3 Å². The quantitative estimate of drug-likeness (QED) is 0.794. The van der Waals surface area contributed by atoms with Gasteiger partial charge in [-0.1, -0.05) is 12.1 Å². The van der Waals surface area contributed by atoms with Crippen molar-refractivity contribution in [3.8, 4) is 0 Å². The normalized spacial score (nSPS) is 12.9. The van der Waals surface area contributed by atoms with Gasteiger partial charge in [-0.05, 0) is 31.2 Å². The van der Waals surface area contributed by atoms with E-state index in [0.717, 1.165) is 24.5 Å². The van der Waals surface area contributed by atoms with Crippen molar-refractivity contribution in [2.45, 2.75) is 6.92 Å². The molecule has 3 N–H and O–H groups in total. The summed E-state index contributed by atoms with van der Waals surface area (Å²) in [7, 11) is 0. The van der Waals surface area contributed by atoms with E-state index in [4.69, 9.17) is 0 Å². The van der Waals surface area contributed by atoms with Crippen molar-refractivity contribution in [2.75, 3.05) is 29.0 Å². The Hall–Kier alpha value is -2.56. The molecule has 0 radical (unpaired) electrons. The van der Waals surface area contributed by atoms with E-state index >= 15 is 0 Å². The van der Waals surface area contributed by atoms with E-state index in [1.807, 2.05) is 12.1 Å². The van der Waals surface area contributed by atoms with E-state index in [1.165, 1.54) is 6.07 Å². The number of anilines is 3. The summed E-state index contributed by atoms with van der Waals surface area (Å²) in [5.41, 5.74) is 3.16. The molecule has 0 fully saturated rings. The van der Waals surface area contributed by atoms with Gasteiger partial charge in [0.2, 0.25) is 0 Å². The lowest BCUT2D eigenvalue weighted by Gasteiger charge is -2.22. The number of carbonyl (C=O) groups is 1. The summed E-state index contributed by atoms with van der Waals surface area (Å²) in [5, 5.41) is 9.24. The average molecular weight is 285 g/mol. The Morgan fingerprint density at radius 3 is 2.76 bits per heavy atom.